The summed E-state index contributed by atoms with van der Waals surface area (Å²) in [5.41, 5.74) is 2.16. The molecule has 0 unspecified atom stereocenters. The first-order valence-electron chi connectivity index (χ1n) is 13.7. The number of fused-ring (bicyclic) bond motifs is 1. The van der Waals surface area contributed by atoms with Gasteiger partial charge in [-0.15, -0.1) is 0 Å². The molecule has 1 aromatic rings. The van der Waals surface area contributed by atoms with Crippen LogP contribution in [0.25, 0.3) is 0 Å². The van der Waals surface area contributed by atoms with Gasteiger partial charge in [-0.05, 0) is 42.9 Å². The fourth-order valence-electron chi connectivity index (χ4n) is 5.84. The smallest absolute Gasteiger partial charge is 0.308 e. The maximum atomic E-state index is 13.5. The standard InChI is InChI=1S/C28H42N2O6/c1-3-5-12-29(13-6-4-2)25(31)19-30-18-22(20-7-9-24-21(17-20)11-14-34-24)27(28(32)33)23(30)8-10-26-35-15-16-36-26/h7,9,17,22-23,26-27H,3-6,8,10-16,18-19H2,1-2H3,(H,32,33)/t22-,23+,27-/m1/s1. The molecule has 1 aromatic carbocycles. The van der Waals surface area contributed by atoms with Gasteiger partial charge in [0.1, 0.15) is 5.75 Å². The van der Waals surface area contributed by atoms with Crippen molar-refractivity contribution in [3.8, 4) is 5.75 Å². The maximum absolute atomic E-state index is 13.5. The number of benzene rings is 1. The topological polar surface area (TPSA) is 88.5 Å². The number of carbonyl (C=O) groups excluding carboxylic acids is 1. The van der Waals surface area contributed by atoms with Gasteiger partial charge in [-0.2, -0.15) is 0 Å². The summed E-state index contributed by atoms with van der Waals surface area (Å²) in [4.78, 5) is 30.2. The van der Waals surface area contributed by atoms with E-state index >= 15 is 0 Å². The summed E-state index contributed by atoms with van der Waals surface area (Å²) in [6, 6.07) is 5.83. The Hall–Kier alpha value is -2.16. The van der Waals surface area contributed by atoms with Crippen LogP contribution in [0.5, 0.6) is 5.75 Å². The first-order chi connectivity index (χ1) is 17.5. The van der Waals surface area contributed by atoms with Gasteiger partial charge in [0.25, 0.3) is 0 Å². The highest BCUT2D eigenvalue weighted by Crippen LogP contribution is 2.41. The van der Waals surface area contributed by atoms with Crippen LogP contribution in [0.1, 0.15) is 69.4 Å². The molecule has 0 aromatic heterocycles. The zero-order valence-corrected chi connectivity index (χ0v) is 21.8. The van der Waals surface area contributed by atoms with Crippen molar-refractivity contribution in [3.63, 3.8) is 0 Å². The van der Waals surface area contributed by atoms with Gasteiger partial charge < -0.3 is 24.2 Å². The monoisotopic (exact) mass is 502 g/mol. The molecule has 1 amide bonds. The van der Waals surface area contributed by atoms with E-state index in [-0.39, 0.29) is 30.7 Å². The highest BCUT2D eigenvalue weighted by molar-refractivity contribution is 5.79. The van der Waals surface area contributed by atoms with Crippen molar-refractivity contribution in [1.29, 1.82) is 0 Å². The maximum Gasteiger partial charge on any atom is 0.308 e. The van der Waals surface area contributed by atoms with Crippen molar-refractivity contribution in [2.75, 3.05) is 46.0 Å². The molecule has 8 nitrogen and oxygen atoms in total. The normalized spacial score (nSPS) is 24.1. The van der Waals surface area contributed by atoms with E-state index in [1.807, 2.05) is 17.0 Å². The number of unbranched alkanes of at least 4 members (excludes halogenated alkanes) is 2. The molecule has 1 N–H and O–H groups in total. The summed E-state index contributed by atoms with van der Waals surface area (Å²) >= 11 is 0. The minimum absolute atomic E-state index is 0.0995. The number of aliphatic carboxylic acids is 1. The predicted molar refractivity (Wildman–Crippen MR) is 136 cm³/mol. The largest absolute Gasteiger partial charge is 0.493 e. The first kappa shape index (κ1) is 26.9. The van der Waals surface area contributed by atoms with Gasteiger partial charge in [-0.1, -0.05) is 38.8 Å². The Balaban J connectivity index is 1.55. The molecule has 0 radical (unpaired) electrons. The number of hydrogen-bond acceptors (Lipinski definition) is 6. The van der Waals surface area contributed by atoms with Crippen molar-refractivity contribution in [1.82, 2.24) is 9.80 Å². The molecule has 4 rings (SSSR count). The number of rotatable bonds is 13. The lowest BCUT2D eigenvalue weighted by Crippen LogP contribution is -2.45. The van der Waals surface area contributed by atoms with Crippen molar-refractivity contribution >= 4 is 11.9 Å². The van der Waals surface area contributed by atoms with Crippen molar-refractivity contribution in [2.45, 2.75) is 77.0 Å². The Bertz CT molecular complexity index is 879. The molecule has 0 aliphatic carbocycles. The number of likely N-dealkylation sites (tertiary alicyclic amines) is 1. The van der Waals surface area contributed by atoms with Crippen LogP contribution in [-0.4, -0.2) is 85.1 Å². The van der Waals surface area contributed by atoms with Gasteiger partial charge in [0.15, 0.2) is 6.29 Å². The zero-order valence-electron chi connectivity index (χ0n) is 21.8. The Morgan fingerprint density at radius 2 is 1.78 bits per heavy atom. The summed E-state index contributed by atoms with van der Waals surface area (Å²) in [5, 5.41) is 10.4. The second-order valence-electron chi connectivity index (χ2n) is 10.3. The molecular formula is C28H42N2O6. The molecule has 200 valence electrons. The average molecular weight is 503 g/mol. The SMILES string of the molecule is CCCCN(CCCC)C(=O)CN1C[C@H](c2ccc3c(c2)CCO3)[C@@H](C(=O)O)[C@@H]1CCC1OCCO1. The number of carboxylic acids is 1. The molecule has 8 heteroatoms. The van der Waals surface area contributed by atoms with Crippen molar-refractivity contribution in [3.05, 3.63) is 29.3 Å². The Morgan fingerprint density at radius 1 is 1.06 bits per heavy atom. The van der Waals surface area contributed by atoms with E-state index in [9.17, 15) is 14.7 Å². The Kier molecular flexibility index (Phi) is 9.62. The fraction of sp³-hybridized carbons (Fsp3) is 0.714. The molecule has 0 spiro atoms. The molecule has 3 heterocycles. The summed E-state index contributed by atoms with van der Waals surface area (Å²) in [6.07, 6.45) is 5.82. The van der Waals surface area contributed by atoms with Crippen LogP contribution in [0.4, 0.5) is 0 Å². The van der Waals surface area contributed by atoms with Crippen LogP contribution in [0.2, 0.25) is 0 Å². The second kappa shape index (κ2) is 12.9. The number of amides is 1. The van der Waals surface area contributed by atoms with E-state index in [1.54, 1.807) is 0 Å². The van der Waals surface area contributed by atoms with Crippen LogP contribution >= 0.6 is 0 Å². The highest BCUT2D eigenvalue weighted by atomic mass is 16.7. The lowest BCUT2D eigenvalue weighted by molar-refractivity contribution is -0.144. The van der Waals surface area contributed by atoms with Crippen LogP contribution in [0.15, 0.2) is 18.2 Å². The van der Waals surface area contributed by atoms with Crippen LogP contribution < -0.4 is 4.74 Å². The van der Waals surface area contributed by atoms with Crippen LogP contribution in [0, 0.1) is 5.92 Å². The summed E-state index contributed by atoms with van der Waals surface area (Å²) in [6.45, 7) is 8.40. The molecule has 2 fully saturated rings. The number of carbonyl (C=O) groups is 2. The van der Waals surface area contributed by atoms with Crippen LogP contribution in [-0.2, 0) is 25.5 Å². The van der Waals surface area contributed by atoms with Gasteiger partial charge in [0.05, 0.1) is 32.3 Å². The minimum Gasteiger partial charge on any atom is -0.493 e. The molecule has 3 aliphatic rings. The van der Waals surface area contributed by atoms with Crippen molar-refractivity contribution < 1.29 is 28.9 Å². The second-order valence-corrected chi connectivity index (χ2v) is 10.3. The quantitative estimate of drug-likeness (QED) is 0.440. The molecule has 3 atom stereocenters. The predicted octanol–water partition coefficient (Wildman–Crippen LogP) is 3.67. The molecule has 3 aliphatic heterocycles. The average Bonchev–Trinajstić information content (AvgIpc) is 3.62. The molecule has 36 heavy (non-hydrogen) atoms. The summed E-state index contributed by atoms with van der Waals surface area (Å²) in [5.74, 6) is -0.595. The number of nitrogens with zero attached hydrogens (tertiary/aromatic N) is 2. The minimum atomic E-state index is -0.807. The van der Waals surface area contributed by atoms with E-state index in [0.29, 0.717) is 39.2 Å². The zero-order chi connectivity index (χ0) is 25.5. The Labute approximate surface area is 214 Å². The van der Waals surface area contributed by atoms with E-state index in [1.165, 1.54) is 0 Å². The van der Waals surface area contributed by atoms with E-state index in [2.05, 4.69) is 24.8 Å². The lowest BCUT2D eigenvalue weighted by Gasteiger charge is -2.30. The van der Waals surface area contributed by atoms with Gasteiger partial charge in [0.2, 0.25) is 5.91 Å². The molecule has 0 saturated carbocycles. The lowest BCUT2D eigenvalue weighted by atomic mass is 9.83. The summed E-state index contributed by atoms with van der Waals surface area (Å²) in [7, 11) is 0. The van der Waals surface area contributed by atoms with Crippen LogP contribution in [0.3, 0.4) is 0 Å². The van der Waals surface area contributed by atoms with E-state index < -0.39 is 11.9 Å². The number of hydrogen-bond donors (Lipinski definition) is 1. The third-order valence-corrected chi connectivity index (χ3v) is 7.82. The Morgan fingerprint density at radius 3 is 2.44 bits per heavy atom. The first-order valence-corrected chi connectivity index (χ1v) is 13.7. The van der Waals surface area contributed by atoms with Gasteiger partial charge in [-0.25, -0.2) is 0 Å². The van der Waals surface area contributed by atoms with E-state index in [4.69, 9.17) is 14.2 Å². The number of carboxylic acid groups (broad SMARTS) is 1. The highest BCUT2D eigenvalue weighted by Gasteiger charge is 2.47. The molecular weight excluding hydrogens is 460 g/mol. The van der Waals surface area contributed by atoms with Gasteiger partial charge in [0, 0.05) is 38.0 Å². The molecule has 0 bridgehead atoms. The van der Waals surface area contributed by atoms with Gasteiger partial charge >= 0.3 is 5.97 Å². The fourth-order valence-corrected chi connectivity index (χ4v) is 5.84. The van der Waals surface area contributed by atoms with Gasteiger partial charge in [-0.3, -0.25) is 14.5 Å². The summed E-state index contributed by atoms with van der Waals surface area (Å²) < 4.78 is 16.9. The third-order valence-electron chi connectivity index (χ3n) is 7.82. The number of ether oxygens (including phenoxy) is 3. The third kappa shape index (κ3) is 6.39. The van der Waals surface area contributed by atoms with E-state index in [0.717, 1.165) is 62.1 Å². The molecule has 2 saturated heterocycles. The van der Waals surface area contributed by atoms with Crippen molar-refractivity contribution in [2.24, 2.45) is 5.92 Å².